The largest absolute Gasteiger partial charge is 0.507 e. The van der Waals surface area contributed by atoms with Gasteiger partial charge in [-0.2, -0.15) is 0 Å². The molecule has 0 bridgehead atoms. The van der Waals surface area contributed by atoms with Crippen LogP contribution in [-0.2, 0) is 19.1 Å². The number of ether oxygens (including phenoxy) is 2. The molecule has 2 aromatic carbocycles. The Morgan fingerprint density at radius 3 is 1.83 bits per heavy atom. The minimum Gasteiger partial charge on any atom is -0.507 e. The number of phenols is 1. The van der Waals surface area contributed by atoms with Crippen molar-refractivity contribution in [2.75, 3.05) is 13.1 Å². The van der Waals surface area contributed by atoms with Crippen molar-refractivity contribution >= 4 is 35.5 Å². The van der Waals surface area contributed by atoms with Gasteiger partial charge in [0.25, 0.3) is 11.8 Å². The summed E-state index contributed by atoms with van der Waals surface area (Å²) in [7, 11) is 0. The fraction of sp³-hybridized carbons (Fsp3) is 0.429. The minimum absolute atomic E-state index is 0. The summed E-state index contributed by atoms with van der Waals surface area (Å²) < 4.78 is 11.8. The fourth-order valence-corrected chi connectivity index (χ4v) is 6.38. The SMILES string of the molecule is Cc1cc(C)c2c(c1)/C=C/C[C@@H]1OC(C)(C)OC1C(=O)/C=C\[C@@H](C)CNC2=O.Cc1cc(O)c2c(c1)/C=C/C[C@H](O)[C@H](O)C(=O)/C=C\[C@@H](C)CNC2=O.F. The Hall–Kier alpha value is -4.75. The van der Waals surface area contributed by atoms with Gasteiger partial charge in [0, 0.05) is 18.7 Å². The maximum atomic E-state index is 12.8. The molecule has 1 fully saturated rings. The van der Waals surface area contributed by atoms with Crippen molar-refractivity contribution in [1.29, 1.82) is 0 Å². The van der Waals surface area contributed by atoms with Gasteiger partial charge in [-0.25, -0.2) is 0 Å². The average molecular weight is 749 g/mol. The van der Waals surface area contributed by atoms with Gasteiger partial charge in [-0.1, -0.05) is 74.1 Å². The summed E-state index contributed by atoms with van der Waals surface area (Å²) in [5.41, 5.74) is 5.04. The number of fused-ring (bicyclic) bond motifs is 3. The molecule has 6 atom stereocenters. The number of halogens is 1. The number of aliphatic hydroxyl groups excluding tert-OH is 2. The second-order valence-corrected chi connectivity index (χ2v) is 14.6. The fourth-order valence-electron chi connectivity index (χ4n) is 6.38. The third-order valence-electron chi connectivity index (χ3n) is 9.06. The number of rotatable bonds is 0. The lowest BCUT2D eigenvalue weighted by Gasteiger charge is -2.16. The quantitative estimate of drug-likeness (QED) is 0.243. The van der Waals surface area contributed by atoms with E-state index in [1.54, 1.807) is 44.2 Å². The summed E-state index contributed by atoms with van der Waals surface area (Å²) in [4.78, 5) is 49.8. The summed E-state index contributed by atoms with van der Waals surface area (Å²) in [5.74, 6) is -2.25. The van der Waals surface area contributed by atoms with Crippen LogP contribution < -0.4 is 10.6 Å². The van der Waals surface area contributed by atoms with E-state index in [-0.39, 0.29) is 58.6 Å². The first-order valence-electron chi connectivity index (χ1n) is 18.0. The Morgan fingerprint density at radius 2 is 1.22 bits per heavy atom. The molecule has 54 heavy (non-hydrogen) atoms. The van der Waals surface area contributed by atoms with E-state index in [4.69, 9.17) is 9.47 Å². The number of benzene rings is 2. The first-order chi connectivity index (χ1) is 25.0. The molecule has 12 heteroatoms. The van der Waals surface area contributed by atoms with E-state index in [9.17, 15) is 34.5 Å². The molecule has 0 aliphatic carbocycles. The summed E-state index contributed by atoms with van der Waals surface area (Å²) in [6.07, 6.45) is 10.0. The van der Waals surface area contributed by atoms with Gasteiger partial charge in [-0.3, -0.25) is 23.9 Å². The predicted molar refractivity (Wildman–Crippen MR) is 206 cm³/mol. The highest BCUT2D eigenvalue weighted by molar-refractivity contribution is 6.01. The molecule has 1 saturated heterocycles. The number of ketones is 2. The molecule has 5 N–H and O–H groups in total. The molecule has 3 aliphatic heterocycles. The molecule has 5 rings (SSSR count). The Morgan fingerprint density at radius 1 is 0.704 bits per heavy atom. The topological polar surface area (TPSA) is 171 Å². The zero-order valence-corrected chi connectivity index (χ0v) is 31.9. The maximum absolute atomic E-state index is 12.8. The first kappa shape index (κ1) is 43.7. The summed E-state index contributed by atoms with van der Waals surface area (Å²) >= 11 is 0. The van der Waals surface area contributed by atoms with E-state index in [1.807, 2.05) is 65.0 Å². The number of aliphatic hydroxyl groups is 2. The monoisotopic (exact) mass is 748 g/mol. The Kier molecular flexibility index (Phi) is 15.4. The van der Waals surface area contributed by atoms with Crippen LogP contribution in [0.1, 0.15) is 89.1 Å². The maximum Gasteiger partial charge on any atom is 0.255 e. The number of hydrogen-bond donors (Lipinski definition) is 5. The summed E-state index contributed by atoms with van der Waals surface area (Å²) in [6, 6.07) is 7.28. The third kappa shape index (κ3) is 11.6. The van der Waals surface area contributed by atoms with Crippen molar-refractivity contribution in [1.82, 2.24) is 10.6 Å². The van der Waals surface area contributed by atoms with Crippen molar-refractivity contribution in [2.45, 2.75) is 91.5 Å². The predicted octanol–water partition coefficient (Wildman–Crippen LogP) is 5.21. The van der Waals surface area contributed by atoms with E-state index >= 15 is 0 Å². The number of phenolic OH excluding ortho intramolecular Hbond substituents is 1. The van der Waals surface area contributed by atoms with Crippen LogP contribution in [-0.4, -0.2) is 82.0 Å². The molecule has 0 spiro atoms. The van der Waals surface area contributed by atoms with Crippen LogP contribution >= 0.6 is 0 Å². The summed E-state index contributed by atoms with van der Waals surface area (Å²) in [6.45, 7) is 13.9. The van der Waals surface area contributed by atoms with E-state index in [0.717, 1.165) is 22.3 Å². The van der Waals surface area contributed by atoms with Gasteiger partial charge in [0.05, 0.1) is 17.8 Å². The van der Waals surface area contributed by atoms with E-state index in [0.29, 0.717) is 24.1 Å². The second-order valence-electron chi connectivity index (χ2n) is 14.6. The summed E-state index contributed by atoms with van der Waals surface area (Å²) in [5, 5.41) is 35.7. The molecule has 1 unspecified atom stereocenters. The van der Waals surface area contributed by atoms with E-state index in [1.165, 1.54) is 12.1 Å². The molecule has 0 saturated carbocycles. The van der Waals surface area contributed by atoms with Crippen molar-refractivity contribution in [3.63, 3.8) is 0 Å². The number of carbonyl (C=O) groups is 4. The number of aromatic hydroxyl groups is 1. The average Bonchev–Trinajstić information content (AvgIpc) is 3.40. The Bertz CT molecular complexity index is 1830. The van der Waals surface area contributed by atoms with Crippen LogP contribution in [0.3, 0.4) is 0 Å². The van der Waals surface area contributed by atoms with Crippen LogP contribution in [0.2, 0.25) is 0 Å². The molecular weight excluding hydrogens is 695 g/mol. The van der Waals surface area contributed by atoms with Gasteiger partial charge in [0.1, 0.15) is 18.0 Å². The van der Waals surface area contributed by atoms with E-state index < -0.39 is 35.8 Å². The molecule has 2 amide bonds. The Balaban J connectivity index is 0.000000287. The van der Waals surface area contributed by atoms with Crippen LogP contribution in [0.5, 0.6) is 5.75 Å². The highest BCUT2D eigenvalue weighted by Gasteiger charge is 2.43. The van der Waals surface area contributed by atoms with Gasteiger partial charge in [0.2, 0.25) is 0 Å². The molecule has 11 nitrogen and oxygen atoms in total. The number of amides is 2. The molecule has 3 aliphatic rings. The highest BCUT2D eigenvalue weighted by Crippen LogP contribution is 2.32. The van der Waals surface area contributed by atoms with Crippen LogP contribution in [0, 0.1) is 32.6 Å². The molecule has 2 aromatic rings. The van der Waals surface area contributed by atoms with Gasteiger partial charge in [-0.05, 0) is 99.8 Å². The van der Waals surface area contributed by atoms with Gasteiger partial charge in [-0.15, -0.1) is 0 Å². The zero-order chi connectivity index (χ0) is 39.0. The lowest BCUT2D eigenvalue weighted by molar-refractivity contribution is -0.152. The van der Waals surface area contributed by atoms with Crippen molar-refractivity contribution in [2.24, 2.45) is 11.8 Å². The van der Waals surface area contributed by atoms with Gasteiger partial charge in [0.15, 0.2) is 17.4 Å². The molecule has 3 heterocycles. The molecular formula is C42H53FN2O9. The van der Waals surface area contributed by atoms with Gasteiger partial charge < -0.3 is 35.4 Å². The third-order valence-corrected chi connectivity index (χ3v) is 9.06. The first-order valence-corrected chi connectivity index (χ1v) is 18.0. The van der Waals surface area contributed by atoms with Crippen LogP contribution in [0.4, 0.5) is 4.70 Å². The normalized spacial score (nSPS) is 28.4. The smallest absolute Gasteiger partial charge is 0.255 e. The molecule has 292 valence electrons. The highest BCUT2D eigenvalue weighted by atomic mass is 19.0. The molecule has 0 radical (unpaired) electrons. The van der Waals surface area contributed by atoms with Crippen molar-refractivity contribution < 1.29 is 48.7 Å². The van der Waals surface area contributed by atoms with Crippen molar-refractivity contribution in [3.05, 3.63) is 99.7 Å². The van der Waals surface area contributed by atoms with Crippen molar-refractivity contribution in [3.8, 4) is 5.75 Å². The Labute approximate surface area is 316 Å². The minimum atomic E-state index is -1.50. The lowest BCUT2D eigenvalue weighted by Crippen LogP contribution is -2.33. The van der Waals surface area contributed by atoms with Gasteiger partial charge >= 0.3 is 0 Å². The zero-order valence-electron chi connectivity index (χ0n) is 31.9. The second kappa shape index (κ2) is 19.0. The number of hydrogen-bond acceptors (Lipinski definition) is 9. The van der Waals surface area contributed by atoms with E-state index in [2.05, 4.69) is 10.6 Å². The van der Waals surface area contributed by atoms with Crippen LogP contribution in [0.25, 0.3) is 12.2 Å². The number of nitrogens with one attached hydrogen (secondary N) is 2. The molecule has 0 aromatic heterocycles. The lowest BCUT2D eigenvalue weighted by atomic mass is 9.96. The number of aryl methyl sites for hydroxylation is 3. The van der Waals surface area contributed by atoms with Crippen LogP contribution in [0.15, 0.2) is 60.7 Å². The standard InChI is InChI=1S/C23H29NO4.C19H23NO5.FH/c1-14-9-10-18(25)21-19(27-23(4,5)28-21)8-6-7-17-12-15(2)11-16(3)20(17)22(26)24-13-14;1-11-6-7-15(22)18(24)14(21)5-3-4-13-8-12(2)9-16(23)17(13)19(25)20-10-11;/h6-7,9-12,14,19,21H,8,13H2,1-5H3,(H,24,26);3-4,6-9,11,14,18,21,23-24H,5,10H2,1-2H3,(H,20,25);1H/b7-6+,10-9-;4-3+,7-6-;/t14-,19+,21?;11-,14+,18+;/m11./s1. The number of carbonyl (C=O) groups excluding carboxylic acids is 4.